The Labute approximate surface area is 121 Å². The fourth-order valence-electron chi connectivity index (χ4n) is 1.84. The first kappa shape index (κ1) is 13.1. The van der Waals surface area contributed by atoms with Gasteiger partial charge in [0.15, 0.2) is 5.13 Å². The van der Waals surface area contributed by atoms with Crippen LogP contribution in [0.5, 0.6) is 0 Å². The third kappa shape index (κ3) is 3.14. The molecule has 104 valence electrons. The van der Waals surface area contributed by atoms with Gasteiger partial charge in [-0.2, -0.15) is 0 Å². The average molecular weight is 288 g/mol. The van der Waals surface area contributed by atoms with Gasteiger partial charge in [-0.15, -0.1) is 0 Å². The van der Waals surface area contributed by atoms with Crippen molar-refractivity contribution in [2.24, 2.45) is 0 Å². The molecule has 3 rings (SSSR count). The minimum Gasteiger partial charge on any atom is -0.359 e. The number of aromatic nitrogens is 2. The molecule has 2 N–H and O–H groups in total. The Kier molecular flexibility index (Phi) is 3.64. The summed E-state index contributed by atoms with van der Waals surface area (Å²) in [4.78, 5) is 21.3. The lowest BCUT2D eigenvalue weighted by Gasteiger charge is -2.03. The molecule has 0 radical (unpaired) electrons. The highest BCUT2D eigenvalue weighted by Crippen LogP contribution is 2.29. The molecule has 1 amide bonds. The van der Waals surface area contributed by atoms with E-state index in [2.05, 4.69) is 20.6 Å². The van der Waals surface area contributed by atoms with Crippen LogP contribution in [0.4, 0.5) is 5.13 Å². The normalized spacial score (nSPS) is 14.1. The zero-order chi connectivity index (χ0) is 13.9. The summed E-state index contributed by atoms with van der Waals surface area (Å²) in [5.41, 5.74) is 1.76. The molecule has 1 aliphatic carbocycles. The van der Waals surface area contributed by atoms with E-state index >= 15 is 0 Å². The summed E-state index contributed by atoms with van der Waals surface area (Å²) in [7, 11) is 0. The standard InChI is InChI=1S/C14H16N4OS/c1-9-12(20-14(17-9)18-11-4-5-11)13(19)16-8-10-3-2-6-15-7-10/h2-3,6-7,11H,4-5,8H2,1H3,(H,16,19)(H,17,18). The van der Waals surface area contributed by atoms with Crippen molar-refractivity contribution in [3.05, 3.63) is 40.7 Å². The van der Waals surface area contributed by atoms with Crippen molar-refractivity contribution in [1.82, 2.24) is 15.3 Å². The van der Waals surface area contributed by atoms with Crippen LogP contribution in [-0.4, -0.2) is 21.9 Å². The maximum absolute atomic E-state index is 12.2. The van der Waals surface area contributed by atoms with Crippen LogP contribution in [0.25, 0.3) is 0 Å². The molecule has 6 heteroatoms. The lowest BCUT2D eigenvalue weighted by atomic mass is 10.3. The second-order valence-electron chi connectivity index (χ2n) is 4.90. The van der Waals surface area contributed by atoms with Gasteiger partial charge in [-0.25, -0.2) is 4.98 Å². The lowest BCUT2D eigenvalue weighted by Crippen LogP contribution is -2.22. The van der Waals surface area contributed by atoms with Crippen LogP contribution >= 0.6 is 11.3 Å². The van der Waals surface area contributed by atoms with Gasteiger partial charge < -0.3 is 10.6 Å². The van der Waals surface area contributed by atoms with Crippen molar-refractivity contribution in [1.29, 1.82) is 0 Å². The third-order valence-corrected chi connectivity index (χ3v) is 4.17. The zero-order valence-electron chi connectivity index (χ0n) is 11.2. The third-order valence-electron chi connectivity index (χ3n) is 3.08. The van der Waals surface area contributed by atoms with Gasteiger partial charge in [-0.3, -0.25) is 9.78 Å². The van der Waals surface area contributed by atoms with Crippen molar-refractivity contribution in [3.8, 4) is 0 Å². The zero-order valence-corrected chi connectivity index (χ0v) is 12.0. The lowest BCUT2D eigenvalue weighted by molar-refractivity contribution is 0.0954. The van der Waals surface area contributed by atoms with E-state index in [-0.39, 0.29) is 5.91 Å². The minimum absolute atomic E-state index is 0.0762. The first-order chi connectivity index (χ1) is 9.72. The Bertz CT molecular complexity index is 607. The second kappa shape index (κ2) is 5.58. The fourth-order valence-corrected chi connectivity index (χ4v) is 2.80. The smallest absolute Gasteiger partial charge is 0.263 e. The van der Waals surface area contributed by atoms with Crippen LogP contribution in [0.3, 0.4) is 0 Å². The number of nitrogens with one attached hydrogen (secondary N) is 2. The first-order valence-electron chi connectivity index (χ1n) is 6.63. The number of nitrogens with zero attached hydrogens (tertiary/aromatic N) is 2. The number of rotatable bonds is 5. The summed E-state index contributed by atoms with van der Waals surface area (Å²) in [6.45, 7) is 2.35. The van der Waals surface area contributed by atoms with Crippen molar-refractivity contribution in [2.75, 3.05) is 5.32 Å². The van der Waals surface area contributed by atoms with E-state index in [0.717, 1.165) is 16.4 Å². The fraction of sp³-hybridized carbons (Fsp3) is 0.357. The molecule has 2 aromatic heterocycles. The number of thiazole rings is 1. The van der Waals surface area contributed by atoms with Gasteiger partial charge in [0, 0.05) is 25.0 Å². The summed E-state index contributed by atoms with van der Waals surface area (Å²) in [6.07, 6.45) is 5.86. The molecule has 1 saturated carbocycles. The number of pyridine rings is 1. The van der Waals surface area contributed by atoms with Crippen LogP contribution in [0.15, 0.2) is 24.5 Å². The van der Waals surface area contributed by atoms with E-state index in [4.69, 9.17) is 0 Å². The molecule has 0 spiro atoms. The maximum atomic E-state index is 12.2. The quantitative estimate of drug-likeness (QED) is 0.886. The molecule has 0 atom stereocenters. The molecule has 0 aromatic carbocycles. The summed E-state index contributed by atoms with van der Waals surface area (Å²) in [5, 5.41) is 7.07. The Morgan fingerprint density at radius 3 is 3.05 bits per heavy atom. The largest absolute Gasteiger partial charge is 0.359 e. The molecule has 0 bridgehead atoms. The topological polar surface area (TPSA) is 66.9 Å². The molecule has 20 heavy (non-hydrogen) atoms. The van der Waals surface area contributed by atoms with E-state index in [1.54, 1.807) is 12.4 Å². The second-order valence-corrected chi connectivity index (χ2v) is 5.90. The summed E-state index contributed by atoms with van der Waals surface area (Å²) < 4.78 is 0. The monoisotopic (exact) mass is 288 g/mol. The number of carbonyl (C=O) groups excluding carboxylic acids is 1. The van der Waals surface area contributed by atoms with Crippen LogP contribution in [0.2, 0.25) is 0 Å². The van der Waals surface area contributed by atoms with Crippen molar-refractivity contribution >= 4 is 22.4 Å². The van der Waals surface area contributed by atoms with Crippen LogP contribution in [0, 0.1) is 6.92 Å². The van der Waals surface area contributed by atoms with Crippen molar-refractivity contribution in [2.45, 2.75) is 32.4 Å². The number of amides is 1. The van der Waals surface area contributed by atoms with Crippen LogP contribution in [-0.2, 0) is 6.54 Å². The summed E-state index contributed by atoms with van der Waals surface area (Å²) >= 11 is 1.42. The summed E-state index contributed by atoms with van der Waals surface area (Å²) in [5.74, 6) is -0.0762. The van der Waals surface area contributed by atoms with Gasteiger partial charge in [0.1, 0.15) is 4.88 Å². The maximum Gasteiger partial charge on any atom is 0.263 e. The highest BCUT2D eigenvalue weighted by molar-refractivity contribution is 7.17. The van der Waals surface area contributed by atoms with Gasteiger partial charge in [-0.05, 0) is 31.4 Å². The van der Waals surface area contributed by atoms with E-state index in [9.17, 15) is 4.79 Å². The Morgan fingerprint density at radius 2 is 2.35 bits per heavy atom. The van der Waals surface area contributed by atoms with Gasteiger partial charge in [-0.1, -0.05) is 17.4 Å². The molecule has 0 aliphatic heterocycles. The molecule has 2 heterocycles. The summed E-state index contributed by atoms with van der Waals surface area (Å²) in [6, 6.07) is 4.34. The molecular weight excluding hydrogens is 272 g/mol. The first-order valence-corrected chi connectivity index (χ1v) is 7.45. The van der Waals surface area contributed by atoms with Gasteiger partial charge in [0.05, 0.1) is 5.69 Å². The number of hydrogen-bond acceptors (Lipinski definition) is 5. The van der Waals surface area contributed by atoms with Crippen LogP contribution in [0.1, 0.15) is 33.8 Å². The van der Waals surface area contributed by atoms with Gasteiger partial charge >= 0.3 is 0 Å². The predicted molar refractivity (Wildman–Crippen MR) is 78.9 cm³/mol. The molecule has 5 nitrogen and oxygen atoms in total. The highest BCUT2D eigenvalue weighted by Gasteiger charge is 2.23. The molecule has 0 saturated heterocycles. The number of aryl methyl sites for hydroxylation is 1. The predicted octanol–water partition coefficient (Wildman–Crippen LogP) is 2.35. The molecular formula is C14H16N4OS. The Balaban J connectivity index is 1.62. The number of hydrogen-bond donors (Lipinski definition) is 2. The van der Waals surface area contributed by atoms with Crippen LogP contribution < -0.4 is 10.6 Å². The molecule has 2 aromatic rings. The van der Waals surface area contributed by atoms with E-state index in [1.165, 1.54) is 24.2 Å². The minimum atomic E-state index is -0.0762. The Morgan fingerprint density at radius 1 is 1.50 bits per heavy atom. The van der Waals surface area contributed by atoms with E-state index < -0.39 is 0 Å². The highest BCUT2D eigenvalue weighted by atomic mass is 32.1. The molecule has 1 fully saturated rings. The number of anilines is 1. The van der Waals surface area contributed by atoms with E-state index in [0.29, 0.717) is 17.5 Å². The van der Waals surface area contributed by atoms with Gasteiger partial charge in [0.2, 0.25) is 0 Å². The Hall–Kier alpha value is -1.95. The molecule has 1 aliphatic rings. The number of carbonyl (C=O) groups is 1. The van der Waals surface area contributed by atoms with E-state index in [1.807, 2.05) is 19.1 Å². The SMILES string of the molecule is Cc1nc(NC2CC2)sc1C(=O)NCc1cccnc1. The van der Waals surface area contributed by atoms with Crippen molar-refractivity contribution in [3.63, 3.8) is 0 Å². The van der Waals surface area contributed by atoms with Gasteiger partial charge in [0.25, 0.3) is 5.91 Å². The van der Waals surface area contributed by atoms with Crippen molar-refractivity contribution < 1.29 is 4.79 Å². The average Bonchev–Trinajstić information content (AvgIpc) is 3.19. The molecule has 0 unspecified atom stereocenters.